The van der Waals surface area contributed by atoms with Crippen LogP contribution in [0.25, 0.3) is 0 Å². The Kier molecular flexibility index (Phi) is 4.45. The first-order valence-electron chi connectivity index (χ1n) is 8.48. The number of aliphatic hydroxyl groups excluding tert-OH is 1. The number of rotatable bonds is 3. The molecule has 0 aliphatic carbocycles. The molecule has 2 heterocycles. The van der Waals surface area contributed by atoms with E-state index in [9.17, 15) is 9.90 Å². The fraction of sp³-hybridized carbons (Fsp3) is 0.316. The van der Waals surface area contributed by atoms with Crippen molar-refractivity contribution in [2.45, 2.75) is 30.0 Å². The number of carbonyl (C=O) groups is 1. The second kappa shape index (κ2) is 6.51. The normalized spacial score (nSPS) is 29.8. The Morgan fingerprint density at radius 2 is 1.92 bits per heavy atom. The van der Waals surface area contributed by atoms with Gasteiger partial charge in [0.25, 0.3) is 0 Å². The molecule has 0 bridgehead atoms. The number of hydrogen-bond donors (Lipinski definition) is 4. The van der Waals surface area contributed by atoms with Gasteiger partial charge in [-0.25, -0.2) is 0 Å². The van der Waals surface area contributed by atoms with Gasteiger partial charge in [0.2, 0.25) is 5.91 Å². The number of anilines is 1. The molecule has 0 saturated carbocycles. The minimum absolute atomic E-state index is 0.0151. The van der Waals surface area contributed by atoms with Gasteiger partial charge >= 0.3 is 0 Å². The highest BCUT2D eigenvalue weighted by molar-refractivity contribution is 6.31. The SMILES string of the molecule is N[C@@H]1[C@H](CCO)N[C@@]2(C(=O)Nc3cc(Cl)ccc32)[C@H]1c1cccc(Cl)c1. The maximum absolute atomic E-state index is 13.2. The number of benzene rings is 2. The highest BCUT2D eigenvalue weighted by Gasteiger charge is 2.61. The molecule has 2 aliphatic heterocycles. The number of amides is 1. The lowest BCUT2D eigenvalue weighted by Gasteiger charge is -2.31. The average molecular weight is 392 g/mol. The van der Waals surface area contributed by atoms with Gasteiger partial charge in [-0.1, -0.05) is 41.4 Å². The lowest BCUT2D eigenvalue weighted by atomic mass is 9.74. The second-order valence-corrected chi connectivity index (χ2v) is 7.70. The highest BCUT2D eigenvalue weighted by Crippen LogP contribution is 2.51. The zero-order valence-electron chi connectivity index (χ0n) is 13.9. The molecule has 1 fully saturated rings. The molecule has 136 valence electrons. The minimum Gasteiger partial charge on any atom is -0.396 e. The van der Waals surface area contributed by atoms with E-state index in [1.807, 2.05) is 24.3 Å². The molecule has 4 atom stereocenters. The van der Waals surface area contributed by atoms with E-state index in [1.54, 1.807) is 18.2 Å². The third-order valence-electron chi connectivity index (χ3n) is 5.39. The Morgan fingerprint density at radius 1 is 1.15 bits per heavy atom. The summed E-state index contributed by atoms with van der Waals surface area (Å²) in [6.45, 7) is -0.0151. The summed E-state index contributed by atoms with van der Waals surface area (Å²) in [5.74, 6) is -0.504. The minimum atomic E-state index is -1.02. The zero-order chi connectivity index (χ0) is 18.5. The van der Waals surface area contributed by atoms with Crippen LogP contribution in [0.1, 0.15) is 23.5 Å². The molecule has 4 rings (SSSR count). The summed E-state index contributed by atoms with van der Waals surface area (Å²) in [7, 11) is 0. The van der Waals surface area contributed by atoms with Crippen molar-refractivity contribution in [2.75, 3.05) is 11.9 Å². The molecule has 0 radical (unpaired) electrons. The standard InChI is InChI=1S/C19H19Cl2N3O2/c20-11-3-1-2-10(8-11)16-17(22)14(6-7-25)24-19(16)13-5-4-12(21)9-15(13)23-18(19)26/h1-5,8-9,14,16-17,24-25H,6-7,22H2,(H,23,26)/t14-,16-,17+,19+/m0/s1. The van der Waals surface area contributed by atoms with Crippen molar-refractivity contribution in [1.82, 2.24) is 5.32 Å². The Labute approximate surface area is 161 Å². The highest BCUT2D eigenvalue weighted by atomic mass is 35.5. The van der Waals surface area contributed by atoms with E-state index < -0.39 is 5.54 Å². The Morgan fingerprint density at radius 3 is 2.65 bits per heavy atom. The molecular formula is C19H19Cl2N3O2. The van der Waals surface area contributed by atoms with Gasteiger partial charge in [-0.3, -0.25) is 10.1 Å². The van der Waals surface area contributed by atoms with Gasteiger partial charge in [0.05, 0.1) is 0 Å². The molecule has 0 unspecified atom stereocenters. The van der Waals surface area contributed by atoms with Crippen LogP contribution in [0, 0.1) is 0 Å². The summed E-state index contributed by atoms with van der Waals surface area (Å²) in [5, 5.41) is 16.9. The monoisotopic (exact) mass is 391 g/mol. The fourth-order valence-electron chi connectivity index (χ4n) is 4.33. The number of halogens is 2. The van der Waals surface area contributed by atoms with Crippen LogP contribution in [0.15, 0.2) is 42.5 Å². The average Bonchev–Trinajstić information content (AvgIpc) is 3.03. The van der Waals surface area contributed by atoms with E-state index in [1.165, 1.54) is 0 Å². The maximum Gasteiger partial charge on any atom is 0.250 e. The Balaban J connectivity index is 1.91. The lowest BCUT2D eigenvalue weighted by Crippen LogP contribution is -2.49. The van der Waals surface area contributed by atoms with Crippen LogP contribution in [0.2, 0.25) is 10.0 Å². The predicted octanol–water partition coefficient (Wildman–Crippen LogP) is 2.61. The molecule has 1 spiro atoms. The van der Waals surface area contributed by atoms with Gasteiger partial charge in [-0.05, 0) is 36.2 Å². The maximum atomic E-state index is 13.2. The van der Waals surface area contributed by atoms with Crippen molar-refractivity contribution in [3.8, 4) is 0 Å². The topological polar surface area (TPSA) is 87.4 Å². The van der Waals surface area contributed by atoms with Crippen molar-refractivity contribution in [3.63, 3.8) is 0 Å². The molecule has 2 aliphatic rings. The number of aliphatic hydroxyl groups is 1. The summed E-state index contributed by atoms with van der Waals surface area (Å²) in [5.41, 5.74) is 7.93. The third kappa shape index (κ3) is 2.54. The first kappa shape index (κ1) is 17.8. The molecule has 1 amide bonds. The molecular weight excluding hydrogens is 373 g/mol. The van der Waals surface area contributed by atoms with Crippen molar-refractivity contribution in [1.29, 1.82) is 0 Å². The molecule has 2 aromatic carbocycles. The number of hydrogen-bond acceptors (Lipinski definition) is 4. The quantitative estimate of drug-likeness (QED) is 0.647. The number of fused-ring (bicyclic) bond motifs is 2. The van der Waals surface area contributed by atoms with Crippen LogP contribution in [0.4, 0.5) is 5.69 Å². The summed E-state index contributed by atoms with van der Waals surface area (Å²) < 4.78 is 0. The molecule has 5 N–H and O–H groups in total. The molecule has 5 nitrogen and oxygen atoms in total. The van der Waals surface area contributed by atoms with Crippen molar-refractivity contribution < 1.29 is 9.90 Å². The number of nitrogens with one attached hydrogen (secondary N) is 2. The van der Waals surface area contributed by atoms with E-state index in [4.69, 9.17) is 28.9 Å². The Bertz CT molecular complexity index is 876. The summed E-state index contributed by atoms with van der Waals surface area (Å²) in [6.07, 6.45) is 0.455. The lowest BCUT2D eigenvalue weighted by molar-refractivity contribution is -0.122. The number of carbonyl (C=O) groups excluding carboxylic acids is 1. The molecule has 1 saturated heterocycles. The predicted molar refractivity (Wildman–Crippen MR) is 103 cm³/mol. The zero-order valence-corrected chi connectivity index (χ0v) is 15.4. The van der Waals surface area contributed by atoms with Gasteiger partial charge < -0.3 is 16.2 Å². The first-order valence-corrected chi connectivity index (χ1v) is 9.24. The molecule has 26 heavy (non-hydrogen) atoms. The third-order valence-corrected chi connectivity index (χ3v) is 5.86. The van der Waals surface area contributed by atoms with Gasteiger partial charge in [-0.15, -0.1) is 0 Å². The van der Waals surface area contributed by atoms with Crippen molar-refractivity contribution in [3.05, 3.63) is 63.6 Å². The largest absolute Gasteiger partial charge is 0.396 e. The summed E-state index contributed by atoms with van der Waals surface area (Å²) in [4.78, 5) is 13.2. The van der Waals surface area contributed by atoms with Gasteiger partial charge in [0.1, 0.15) is 5.54 Å². The summed E-state index contributed by atoms with van der Waals surface area (Å²) >= 11 is 12.3. The Hall–Kier alpha value is -1.63. The van der Waals surface area contributed by atoms with E-state index in [-0.39, 0.29) is 30.5 Å². The molecule has 2 aromatic rings. The van der Waals surface area contributed by atoms with Crippen molar-refractivity contribution in [2.24, 2.45) is 5.73 Å². The van der Waals surface area contributed by atoms with E-state index in [0.29, 0.717) is 22.2 Å². The van der Waals surface area contributed by atoms with Crippen LogP contribution >= 0.6 is 23.2 Å². The number of nitrogens with two attached hydrogens (primary N) is 1. The first-order chi connectivity index (χ1) is 12.5. The van der Waals surface area contributed by atoms with Gasteiger partial charge in [-0.2, -0.15) is 0 Å². The van der Waals surface area contributed by atoms with E-state index in [2.05, 4.69) is 10.6 Å². The summed E-state index contributed by atoms with van der Waals surface area (Å²) in [6, 6.07) is 12.2. The van der Waals surface area contributed by atoms with Crippen LogP contribution in [0.5, 0.6) is 0 Å². The van der Waals surface area contributed by atoms with Crippen LogP contribution < -0.4 is 16.4 Å². The molecule has 7 heteroatoms. The van der Waals surface area contributed by atoms with E-state index >= 15 is 0 Å². The van der Waals surface area contributed by atoms with Crippen molar-refractivity contribution >= 4 is 34.8 Å². The van der Waals surface area contributed by atoms with E-state index in [0.717, 1.165) is 11.1 Å². The van der Waals surface area contributed by atoms with Crippen LogP contribution in [-0.4, -0.2) is 29.7 Å². The fourth-order valence-corrected chi connectivity index (χ4v) is 4.71. The van der Waals surface area contributed by atoms with Crippen LogP contribution in [-0.2, 0) is 10.3 Å². The smallest absolute Gasteiger partial charge is 0.250 e. The second-order valence-electron chi connectivity index (χ2n) is 6.83. The van der Waals surface area contributed by atoms with Gasteiger partial charge in [0, 0.05) is 45.9 Å². The van der Waals surface area contributed by atoms with Crippen LogP contribution in [0.3, 0.4) is 0 Å². The molecule has 0 aromatic heterocycles. The van der Waals surface area contributed by atoms with Gasteiger partial charge in [0.15, 0.2) is 0 Å².